The Hall–Kier alpha value is -1.88. The van der Waals surface area contributed by atoms with E-state index in [1.54, 1.807) is 0 Å². The molecular formula is C16H22N2O3. The second-order valence-corrected chi connectivity index (χ2v) is 5.62. The zero-order chi connectivity index (χ0) is 15.2. The summed E-state index contributed by atoms with van der Waals surface area (Å²) in [5.41, 5.74) is 6.58. The standard InChI is InChI=1S/C16H22N2O3/c17-10-12-7-4-8-13(12)15(19)18-14(16(20)21)9-11-5-2-1-3-6-11/h1-3,5-6,12-14H,4,7-10,17H2,(H,18,19)(H,20,21). The molecule has 5 nitrogen and oxygen atoms in total. The van der Waals surface area contributed by atoms with E-state index in [1.807, 2.05) is 30.3 Å². The Bertz CT molecular complexity index is 490. The summed E-state index contributed by atoms with van der Waals surface area (Å²) in [6, 6.07) is 8.43. The number of hydrogen-bond donors (Lipinski definition) is 3. The van der Waals surface area contributed by atoms with Crippen molar-refractivity contribution in [1.82, 2.24) is 5.32 Å². The van der Waals surface area contributed by atoms with E-state index >= 15 is 0 Å². The van der Waals surface area contributed by atoms with Crippen molar-refractivity contribution in [3.05, 3.63) is 35.9 Å². The lowest BCUT2D eigenvalue weighted by molar-refractivity contribution is -0.142. The molecular weight excluding hydrogens is 268 g/mol. The molecule has 4 N–H and O–H groups in total. The van der Waals surface area contributed by atoms with Gasteiger partial charge in [-0.15, -0.1) is 0 Å². The van der Waals surface area contributed by atoms with Gasteiger partial charge < -0.3 is 16.2 Å². The quantitative estimate of drug-likeness (QED) is 0.733. The van der Waals surface area contributed by atoms with Crippen LogP contribution < -0.4 is 11.1 Å². The Morgan fingerprint density at radius 1 is 1.29 bits per heavy atom. The second-order valence-electron chi connectivity index (χ2n) is 5.62. The fourth-order valence-electron chi connectivity index (χ4n) is 2.99. The van der Waals surface area contributed by atoms with Crippen molar-refractivity contribution in [2.75, 3.05) is 6.54 Å². The van der Waals surface area contributed by atoms with Crippen molar-refractivity contribution < 1.29 is 14.7 Å². The average Bonchev–Trinajstić information content (AvgIpc) is 2.96. The summed E-state index contributed by atoms with van der Waals surface area (Å²) in [4.78, 5) is 23.7. The highest BCUT2D eigenvalue weighted by Crippen LogP contribution is 2.31. The van der Waals surface area contributed by atoms with Crippen molar-refractivity contribution in [1.29, 1.82) is 0 Å². The summed E-state index contributed by atoms with van der Waals surface area (Å²) in [6.07, 6.45) is 3.02. The predicted octanol–water partition coefficient (Wildman–Crippen LogP) is 1.17. The van der Waals surface area contributed by atoms with Crippen LogP contribution >= 0.6 is 0 Å². The van der Waals surface area contributed by atoms with E-state index in [4.69, 9.17) is 5.73 Å². The zero-order valence-electron chi connectivity index (χ0n) is 12.0. The summed E-state index contributed by atoms with van der Waals surface area (Å²) >= 11 is 0. The van der Waals surface area contributed by atoms with Crippen LogP contribution in [0.5, 0.6) is 0 Å². The molecule has 0 bridgehead atoms. The minimum atomic E-state index is -1.01. The van der Waals surface area contributed by atoms with E-state index in [0.717, 1.165) is 24.8 Å². The SMILES string of the molecule is NCC1CCCC1C(=O)NC(Cc1ccccc1)C(=O)O. The molecule has 1 amide bonds. The maximum absolute atomic E-state index is 12.3. The van der Waals surface area contributed by atoms with Gasteiger partial charge in [0, 0.05) is 12.3 Å². The van der Waals surface area contributed by atoms with Gasteiger partial charge in [-0.3, -0.25) is 4.79 Å². The second kappa shape index (κ2) is 7.22. The Kier molecular flexibility index (Phi) is 5.33. The lowest BCUT2D eigenvalue weighted by atomic mass is 9.94. The van der Waals surface area contributed by atoms with E-state index in [1.165, 1.54) is 0 Å². The van der Waals surface area contributed by atoms with Crippen LogP contribution in [0.1, 0.15) is 24.8 Å². The number of carboxylic acid groups (broad SMARTS) is 1. The van der Waals surface area contributed by atoms with Gasteiger partial charge in [-0.05, 0) is 30.9 Å². The molecule has 0 aromatic heterocycles. The smallest absolute Gasteiger partial charge is 0.326 e. The van der Waals surface area contributed by atoms with Gasteiger partial charge in [0.2, 0.25) is 5.91 Å². The molecule has 3 atom stereocenters. The molecule has 3 unspecified atom stereocenters. The van der Waals surface area contributed by atoms with Crippen molar-refractivity contribution >= 4 is 11.9 Å². The first-order chi connectivity index (χ1) is 10.1. The van der Waals surface area contributed by atoms with Crippen molar-refractivity contribution in [2.24, 2.45) is 17.6 Å². The Morgan fingerprint density at radius 3 is 2.62 bits per heavy atom. The summed E-state index contributed by atoms with van der Waals surface area (Å²) in [5, 5.41) is 12.0. The molecule has 1 aliphatic rings. The first-order valence-corrected chi connectivity index (χ1v) is 7.39. The van der Waals surface area contributed by atoms with Gasteiger partial charge in [0.05, 0.1) is 0 Å². The number of aliphatic carboxylic acids is 1. The summed E-state index contributed by atoms with van der Waals surface area (Å²) in [5.74, 6) is -1.15. The zero-order valence-corrected chi connectivity index (χ0v) is 12.0. The number of nitrogens with one attached hydrogen (secondary N) is 1. The monoisotopic (exact) mass is 290 g/mol. The first-order valence-electron chi connectivity index (χ1n) is 7.39. The summed E-state index contributed by atoms with van der Waals surface area (Å²) in [7, 11) is 0. The third-order valence-corrected chi connectivity index (χ3v) is 4.20. The lowest BCUT2D eigenvalue weighted by Crippen LogP contribution is -2.46. The number of carbonyl (C=O) groups excluding carboxylic acids is 1. The van der Waals surface area contributed by atoms with Crippen LogP contribution in [0.15, 0.2) is 30.3 Å². The molecule has 114 valence electrons. The molecule has 0 radical (unpaired) electrons. The van der Waals surface area contributed by atoms with Crippen molar-refractivity contribution in [3.63, 3.8) is 0 Å². The minimum Gasteiger partial charge on any atom is -0.480 e. The predicted molar refractivity (Wildman–Crippen MR) is 79.6 cm³/mol. The van der Waals surface area contributed by atoms with Gasteiger partial charge in [-0.25, -0.2) is 4.79 Å². The Balaban J connectivity index is 1.99. The van der Waals surface area contributed by atoms with E-state index in [9.17, 15) is 14.7 Å². The molecule has 1 saturated carbocycles. The molecule has 0 aliphatic heterocycles. The molecule has 1 aromatic rings. The molecule has 2 rings (SSSR count). The molecule has 1 fully saturated rings. The molecule has 0 heterocycles. The van der Waals surface area contributed by atoms with Crippen molar-refractivity contribution in [3.8, 4) is 0 Å². The van der Waals surface area contributed by atoms with Crippen LogP contribution in [0, 0.1) is 11.8 Å². The first kappa shape index (κ1) is 15.5. The number of rotatable bonds is 6. The lowest BCUT2D eigenvalue weighted by Gasteiger charge is -2.21. The van der Waals surface area contributed by atoms with E-state index in [0.29, 0.717) is 13.0 Å². The highest BCUT2D eigenvalue weighted by molar-refractivity contribution is 5.85. The topological polar surface area (TPSA) is 92.4 Å². The Morgan fingerprint density at radius 2 is 2.00 bits per heavy atom. The molecule has 21 heavy (non-hydrogen) atoms. The molecule has 0 saturated heterocycles. The normalized spacial score (nSPS) is 22.7. The van der Waals surface area contributed by atoms with Gasteiger partial charge in [0.15, 0.2) is 0 Å². The highest BCUT2D eigenvalue weighted by Gasteiger charge is 2.33. The number of nitrogens with two attached hydrogens (primary N) is 1. The molecule has 1 aromatic carbocycles. The van der Waals surface area contributed by atoms with Crippen LogP contribution in [-0.4, -0.2) is 29.6 Å². The third kappa shape index (κ3) is 4.04. The molecule has 1 aliphatic carbocycles. The number of carbonyl (C=O) groups is 2. The van der Waals surface area contributed by atoms with Crippen LogP contribution in [0.4, 0.5) is 0 Å². The van der Waals surface area contributed by atoms with E-state index in [-0.39, 0.29) is 17.7 Å². The van der Waals surface area contributed by atoms with Gasteiger partial charge in [-0.1, -0.05) is 36.8 Å². The average molecular weight is 290 g/mol. The molecule has 0 spiro atoms. The number of hydrogen-bond acceptors (Lipinski definition) is 3. The van der Waals surface area contributed by atoms with Crippen LogP contribution in [0.2, 0.25) is 0 Å². The number of amides is 1. The van der Waals surface area contributed by atoms with Crippen LogP contribution in [0.25, 0.3) is 0 Å². The Labute approximate surface area is 124 Å². The fourth-order valence-corrected chi connectivity index (χ4v) is 2.99. The van der Waals surface area contributed by atoms with Gasteiger partial charge in [0.25, 0.3) is 0 Å². The summed E-state index contributed by atoms with van der Waals surface area (Å²) < 4.78 is 0. The highest BCUT2D eigenvalue weighted by atomic mass is 16.4. The number of benzene rings is 1. The largest absolute Gasteiger partial charge is 0.480 e. The fraction of sp³-hybridized carbons (Fsp3) is 0.500. The van der Waals surface area contributed by atoms with E-state index in [2.05, 4.69) is 5.32 Å². The maximum Gasteiger partial charge on any atom is 0.326 e. The maximum atomic E-state index is 12.3. The van der Waals surface area contributed by atoms with Crippen LogP contribution in [0.3, 0.4) is 0 Å². The third-order valence-electron chi connectivity index (χ3n) is 4.20. The van der Waals surface area contributed by atoms with Gasteiger partial charge in [0.1, 0.15) is 6.04 Å². The van der Waals surface area contributed by atoms with E-state index < -0.39 is 12.0 Å². The van der Waals surface area contributed by atoms with Crippen LogP contribution in [-0.2, 0) is 16.0 Å². The minimum absolute atomic E-state index is 0.146. The molecule has 5 heteroatoms. The number of carboxylic acids is 1. The van der Waals surface area contributed by atoms with Crippen molar-refractivity contribution in [2.45, 2.75) is 31.7 Å². The summed E-state index contributed by atoms with van der Waals surface area (Å²) in [6.45, 7) is 0.481. The van der Waals surface area contributed by atoms with Gasteiger partial charge >= 0.3 is 5.97 Å². The van der Waals surface area contributed by atoms with Gasteiger partial charge in [-0.2, -0.15) is 0 Å².